The molecule has 0 spiro atoms. The molecule has 46 heavy (non-hydrogen) atoms. The van der Waals surface area contributed by atoms with E-state index in [-0.39, 0.29) is 42.3 Å². The molecule has 2 saturated heterocycles. The molecule has 8 rings (SSSR count). The summed E-state index contributed by atoms with van der Waals surface area (Å²) >= 11 is 6.37. The second kappa shape index (κ2) is 10.4. The van der Waals surface area contributed by atoms with Gasteiger partial charge in [-0.1, -0.05) is 59.6 Å². The summed E-state index contributed by atoms with van der Waals surface area (Å²) in [6, 6.07) is 21.0. The van der Waals surface area contributed by atoms with Gasteiger partial charge in [-0.25, -0.2) is 4.90 Å². The van der Waals surface area contributed by atoms with Crippen LogP contribution in [0.25, 0.3) is 0 Å². The maximum Gasteiger partial charge on any atom is 0.246 e. The number of aromatic hydroxyl groups is 1. The second-order valence-corrected chi connectivity index (χ2v) is 13.2. The Labute approximate surface area is 270 Å². The fourth-order valence-corrected chi connectivity index (χ4v) is 9.12. The van der Waals surface area contributed by atoms with Crippen LogP contribution in [-0.2, 0) is 31.0 Å². The number of phenols is 1. The molecule has 9 heteroatoms. The van der Waals surface area contributed by atoms with E-state index in [9.17, 15) is 19.5 Å². The Morgan fingerprint density at radius 3 is 2.50 bits per heavy atom. The Kier molecular flexibility index (Phi) is 6.52. The van der Waals surface area contributed by atoms with E-state index in [1.54, 1.807) is 55.7 Å². The van der Waals surface area contributed by atoms with Gasteiger partial charge in [0.1, 0.15) is 11.5 Å². The summed E-state index contributed by atoms with van der Waals surface area (Å²) in [5, 5.41) is 10.7. The number of phenolic OH excluding ortho intramolecular Hbond substituents is 1. The van der Waals surface area contributed by atoms with E-state index in [0.717, 1.165) is 16.7 Å². The molecule has 0 bridgehead atoms. The number of imide groups is 2. The number of hydrogen-bond donors (Lipinski definition) is 1. The lowest BCUT2D eigenvalue weighted by molar-refractivity contribution is -0.140. The third-order valence-electron chi connectivity index (χ3n) is 10.7. The van der Waals surface area contributed by atoms with Crippen molar-refractivity contribution in [2.75, 3.05) is 11.4 Å². The SMILES string of the molecule is CCN1C(=O)[C@H]2[C@H](CC=C3[C@H](C4=COc5ccc(O)cc5C4)[C@]4(c5ccccc5)C(=O)N(c5cccc(Cl)c5)C(=O)[C@@H]4C[C@H]32)C1=O. The highest BCUT2D eigenvalue weighted by molar-refractivity contribution is 6.32. The van der Waals surface area contributed by atoms with Crippen molar-refractivity contribution in [2.24, 2.45) is 29.6 Å². The van der Waals surface area contributed by atoms with Gasteiger partial charge in [0.05, 0.1) is 35.1 Å². The van der Waals surface area contributed by atoms with Crippen molar-refractivity contribution in [3.8, 4) is 11.5 Å². The average molecular weight is 635 g/mol. The van der Waals surface area contributed by atoms with Crippen molar-refractivity contribution in [3.63, 3.8) is 0 Å². The van der Waals surface area contributed by atoms with Crippen molar-refractivity contribution in [2.45, 2.75) is 31.6 Å². The predicted octanol–water partition coefficient (Wildman–Crippen LogP) is 5.58. The van der Waals surface area contributed by atoms with Gasteiger partial charge in [0.25, 0.3) is 0 Å². The number of carbonyl (C=O) groups is 4. The van der Waals surface area contributed by atoms with Gasteiger partial charge < -0.3 is 9.84 Å². The minimum Gasteiger partial charge on any atom is -0.508 e. The van der Waals surface area contributed by atoms with Crippen LogP contribution in [-0.4, -0.2) is 40.2 Å². The number of benzene rings is 3. The maximum absolute atomic E-state index is 15.3. The number of allylic oxidation sites excluding steroid dienone is 3. The summed E-state index contributed by atoms with van der Waals surface area (Å²) < 4.78 is 6.15. The van der Waals surface area contributed by atoms with Gasteiger partial charge in [0, 0.05) is 29.5 Å². The summed E-state index contributed by atoms with van der Waals surface area (Å²) in [5.41, 5.74) is 2.11. The summed E-state index contributed by atoms with van der Waals surface area (Å²) in [7, 11) is 0. The molecule has 8 nitrogen and oxygen atoms in total. The Morgan fingerprint density at radius 1 is 0.935 bits per heavy atom. The molecule has 5 aliphatic rings. The number of nitrogens with zero attached hydrogens (tertiary/aromatic N) is 2. The normalized spacial score (nSPS) is 29.8. The van der Waals surface area contributed by atoms with Crippen LogP contribution in [0.5, 0.6) is 11.5 Å². The number of amides is 4. The van der Waals surface area contributed by atoms with Gasteiger partial charge in [0.2, 0.25) is 23.6 Å². The third kappa shape index (κ3) is 3.86. The van der Waals surface area contributed by atoms with Crippen LogP contribution in [0.3, 0.4) is 0 Å². The molecule has 0 radical (unpaired) electrons. The lowest BCUT2D eigenvalue weighted by Crippen LogP contribution is -2.55. The zero-order valence-electron chi connectivity index (χ0n) is 25.1. The Bertz CT molecular complexity index is 1900. The van der Waals surface area contributed by atoms with Gasteiger partial charge in [0.15, 0.2) is 0 Å². The van der Waals surface area contributed by atoms with Gasteiger partial charge in [-0.3, -0.25) is 24.1 Å². The number of likely N-dealkylation sites (tertiary alicyclic amines) is 1. The van der Waals surface area contributed by atoms with Crippen LogP contribution in [0.2, 0.25) is 5.02 Å². The van der Waals surface area contributed by atoms with Crippen molar-refractivity contribution in [1.82, 2.24) is 4.90 Å². The monoisotopic (exact) mass is 634 g/mol. The number of hydrogen-bond acceptors (Lipinski definition) is 6. The molecule has 3 aromatic carbocycles. The number of rotatable bonds is 4. The lowest BCUT2D eigenvalue weighted by atomic mass is 9.48. The Hall–Kier alpha value is -4.69. The number of fused-ring (bicyclic) bond motifs is 5. The summed E-state index contributed by atoms with van der Waals surface area (Å²) in [5.74, 6) is -3.47. The van der Waals surface area contributed by atoms with E-state index in [1.165, 1.54) is 9.80 Å². The minimum atomic E-state index is -1.37. The summed E-state index contributed by atoms with van der Waals surface area (Å²) in [4.78, 5) is 59.8. The predicted molar refractivity (Wildman–Crippen MR) is 170 cm³/mol. The Balaban J connectivity index is 1.37. The fourth-order valence-electron chi connectivity index (χ4n) is 8.94. The minimum absolute atomic E-state index is 0.0921. The topological polar surface area (TPSA) is 104 Å². The highest BCUT2D eigenvalue weighted by Gasteiger charge is 2.70. The van der Waals surface area contributed by atoms with E-state index >= 15 is 4.79 Å². The molecule has 1 N–H and O–H groups in total. The fraction of sp³-hybridized carbons (Fsp3) is 0.297. The smallest absolute Gasteiger partial charge is 0.246 e. The van der Waals surface area contributed by atoms with E-state index in [1.807, 2.05) is 36.4 Å². The first-order chi connectivity index (χ1) is 22.2. The van der Waals surface area contributed by atoms with Gasteiger partial charge in [-0.2, -0.15) is 0 Å². The summed E-state index contributed by atoms with van der Waals surface area (Å²) in [6.07, 6.45) is 4.68. The van der Waals surface area contributed by atoms with Crippen molar-refractivity contribution in [3.05, 3.63) is 112 Å². The molecule has 232 valence electrons. The zero-order valence-corrected chi connectivity index (χ0v) is 25.8. The number of ether oxygens (including phenoxy) is 1. The van der Waals surface area contributed by atoms with E-state index < -0.39 is 35.0 Å². The molecule has 0 unspecified atom stereocenters. The van der Waals surface area contributed by atoms with Crippen molar-refractivity contribution < 1.29 is 29.0 Å². The van der Waals surface area contributed by atoms with Crippen molar-refractivity contribution in [1.29, 1.82) is 0 Å². The molecule has 6 atom stereocenters. The lowest BCUT2D eigenvalue weighted by Gasteiger charge is -2.51. The standard InChI is InChI=1S/C37H31ClN2O6/c1-2-39-33(42)27-13-12-26-28(31(27)35(39)44)18-29-34(43)40(24-10-6-9-23(38)17-24)36(45)37(29,22-7-4-3-5-8-22)32(26)21-15-20-16-25(41)11-14-30(20)46-19-21/h3-12,14,16-17,19,27-29,31-32,41H,2,13,15,18H2,1H3/t27-,28+,29-,31-,32-,37+/m0/s1. The first-order valence-electron chi connectivity index (χ1n) is 15.7. The van der Waals surface area contributed by atoms with Crippen LogP contribution in [0.4, 0.5) is 5.69 Å². The van der Waals surface area contributed by atoms with Crippen LogP contribution in [0.15, 0.2) is 96.3 Å². The van der Waals surface area contributed by atoms with Crippen LogP contribution in [0, 0.1) is 29.6 Å². The average Bonchev–Trinajstić information content (AvgIpc) is 3.45. The number of halogens is 1. The quantitative estimate of drug-likeness (QED) is 0.297. The highest BCUT2D eigenvalue weighted by Crippen LogP contribution is 2.63. The molecule has 4 amide bonds. The van der Waals surface area contributed by atoms with Gasteiger partial charge >= 0.3 is 0 Å². The molecule has 3 aromatic rings. The van der Waals surface area contributed by atoms with E-state index in [2.05, 4.69) is 0 Å². The van der Waals surface area contributed by atoms with Gasteiger partial charge in [-0.15, -0.1) is 0 Å². The second-order valence-electron chi connectivity index (χ2n) is 12.8. The molecule has 3 heterocycles. The Morgan fingerprint density at radius 2 is 1.74 bits per heavy atom. The highest BCUT2D eigenvalue weighted by atomic mass is 35.5. The molecule has 3 fully saturated rings. The molecule has 1 saturated carbocycles. The number of anilines is 1. The van der Waals surface area contributed by atoms with Crippen molar-refractivity contribution >= 4 is 40.9 Å². The largest absolute Gasteiger partial charge is 0.508 e. The van der Waals surface area contributed by atoms with Crippen LogP contribution in [0.1, 0.15) is 30.9 Å². The molecule has 2 aliphatic carbocycles. The zero-order chi connectivity index (χ0) is 31.9. The van der Waals surface area contributed by atoms with E-state index in [0.29, 0.717) is 34.9 Å². The first-order valence-corrected chi connectivity index (χ1v) is 16.1. The van der Waals surface area contributed by atoms with Crippen LogP contribution >= 0.6 is 11.6 Å². The van der Waals surface area contributed by atoms with Gasteiger partial charge in [-0.05, 0) is 73.2 Å². The molecular formula is C37H31ClN2O6. The van der Waals surface area contributed by atoms with Crippen LogP contribution < -0.4 is 9.64 Å². The maximum atomic E-state index is 15.3. The molecular weight excluding hydrogens is 604 g/mol. The molecule has 3 aliphatic heterocycles. The number of carbonyl (C=O) groups excluding carboxylic acids is 4. The first kappa shape index (κ1) is 28.8. The third-order valence-corrected chi connectivity index (χ3v) is 11.0. The van der Waals surface area contributed by atoms with E-state index in [4.69, 9.17) is 16.3 Å². The summed E-state index contributed by atoms with van der Waals surface area (Å²) in [6.45, 7) is 2.08. The molecule has 0 aromatic heterocycles.